The van der Waals surface area contributed by atoms with Gasteiger partial charge in [-0.3, -0.25) is 9.59 Å². The van der Waals surface area contributed by atoms with Crippen LogP contribution in [0.25, 0.3) is 11.4 Å². The lowest BCUT2D eigenvalue weighted by Gasteiger charge is -2.31. The number of hydrogen-bond donors (Lipinski definition) is 2. The van der Waals surface area contributed by atoms with E-state index in [-0.39, 0.29) is 29.7 Å². The van der Waals surface area contributed by atoms with E-state index in [1.54, 1.807) is 11.7 Å². The number of piperazine rings is 1. The summed E-state index contributed by atoms with van der Waals surface area (Å²) in [4.78, 5) is 33.7. The fourth-order valence-electron chi connectivity index (χ4n) is 5.27. The average molecular weight is 560 g/mol. The third kappa shape index (κ3) is 5.61. The Hall–Kier alpha value is -3.71. The topological polar surface area (TPSA) is 106 Å². The van der Waals surface area contributed by atoms with E-state index >= 15 is 0 Å². The molecular weight excluding hydrogens is 527 g/mol. The van der Waals surface area contributed by atoms with Crippen LogP contribution < -0.4 is 21.1 Å². The van der Waals surface area contributed by atoms with Crippen LogP contribution in [0.5, 0.6) is 0 Å². The first-order valence-corrected chi connectivity index (χ1v) is 13.4. The number of amides is 1. The third-order valence-electron chi connectivity index (χ3n) is 7.37. The van der Waals surface area contributed by atoms with Crippen molar-refractivity contribution in [1.29, 1.82) is 0 Å². The van der Waals surface area contributed by atoms with E-state index in [9.17, 15) is 22.8 Å². The number of methoxy groups -OCH3 is 1. The predicted octanol–water partition coefficient (Wildman–Crippen LogP) is 3.10. The second-order valence-electron chi connectivity index (χ2n) is 9.91. The van der Waals surface area contributed by atoms with Crippen molar-refractivity contribution in [3.05, 3.63) is 57.8 Å². The number of aromatic nitrogens is 4. The van der Waals surface area contributed by atoms with Crippen LogP contribution in [-0.2, 0) is 28.7 Å². The second-order valence-corrected chi connectivity index (χ2v) is 9.91. The normalized spacial score (nSPS) is 18.2. The first kappa shape index (κ1) is 27.8. The maximum atomic E-state index is 13.8. The maximum absolute atomic E-state index is 13.8. The molecule has 1 saturated heterocycles. The highest BCUT2D eigenvalue weighted by Crippen LogP contribution is 2.30. The van der Waals surface area contributed by atoms with Gasteiger partial charge in [-0.15, -0.1) is 5.10 Å². The summed E-state index contributed by atoms with van der Waals surface area (Å²) in [6, 6.07) is 4.27. The number of allylic oxidation sites excluding steroid dienone is 1. The molecule has 1 aromatic carbocycles. The summed E-state index contributed by atoms with van der Waals surface area (Å²) >= 11 is 0. The number of ether oxygens (including phenoxy) is 1. The third-order valence-corrected chi connectivity index (χ3v) is 7.37. The Bertz CT molecular complexity index is 1470. The molecule has 0 saturated carbocycles. The molecule has 2 N–H and O–H groups in total. The summed E-state index contributed by atoms with van der Waals surface area (Å²) < 4.78 is 47.2. The van der Waals surface area contributed by atoms with E-state index in [2.05, 4.69) is 15.7 Å². The fraction of sp³-hybridized carbons (Fsp3) is 0.481. The molecular formula is C27H32F3N7O3. The second kappa shape index (κ2) is 11.4. The Morgan fingerprint density at radius 2 is 1.93 bits per heavy atom. The highest BCUT2D eigenvalue weighted by atomic mass is 19.4. The summed E-state index contributed by atoms with van der Waals surface area (Å²) in [6.07, 6.45) is 0.362. The Morgan fingerprint density at radius 3 is 2.52 bits per heavy atom. The quantitative estimate of drug-likeness (QED) is 0.458. The Balaban J connectivity index is 1.54. The largest absolute Gasteiger partial charge is 0.416 e. The molecule has 0 radical (unpaired) electrons. The number of halogens is 3. The number of fused-ring (bicyclic) bond motifs is 1. The molecule has 1 atom stereocenters. The molecule has 1 aliphatic heterocycles. The lowest BCUT2D eigenvalue weighted by atomic mass is 9.97. The molecule has 3 aromatic rings. The van der Waals surface area contributed by atoms with Gasteiger partial charge < -0.3 is 24.8 Å². The van der Waals surface area contributed by atoms with Gasteiger partial charge in [-0.25, -0.2) is 0 Å². The van der Waals surface area contributed by atoms with Gasteiger partial charge in [0, 0.05) is 39.0 Å². The van der Waals surface area contributed by atoms with Gasteiger partial charge in [0.1, 0.15) is 12.2 Å². The summed E-state index contributed by atoms with van der Waals surface area (Å²) in [6.45, 7) is 4.38. The van der Waals surface area contributed by atoms with Gasteiger partial charge in [-0.2, -0.15) is 22.7 Å². The van der Waals surface area contributed by atoms with Crippen molar-refractivity contribution >= 4 is 28.6 Å². The van der Waals surface area contributed by atoms with Crippen LogP contribution in [0.15, 0.2) is 35.1 Å². The van der Waals surface area contributed by atoms with Gasteiger partial charge in [-0.1, -0.05) is 13.0 Å². The van der Waals surface area contributed by atoms with Crippen LogP contribution >= 0.6 is 0 Å². The van der Waals surface area contributed by atoms with E-state index in [0.717, 1.165) is 24.1 Å². The lowest BCUT2D eigenvalue weighted by molar-refractivity contribution is -0.137. The monoisotopic (exact) mass is 559 g/mol. The van der Waals surface area contributed by atoms with E-state index in [4.69, 9.17) is 9.72 Å². The number of carbonyl (C=O) groups is 1. The van der Waals surface area contributed by atoms with Crippen molar-refractivity contribution in [2.45, 2.75) is 51.4 Å². The lowest BCUT2D eigenvalue weighted by Crippen LogP contribution is -2.47. The smallest absolute Gasteiger partial charge is 0.381 e. The first-order chi connectivity index (χ1) is 19.2. The molecule has 10 nitrogen and oxygen atoms in total. The highest BCUT2D eigenvalue weighted by molar-refractivity contribution is 5.91. The molecule has 3 heterocycles. The van der Waals surface area contributed by atoms with E-state index in [1.165, 1.54) is 16.6 Å². The zero-order valence-corrected chi connectivity index (χ0v) is 22.4. The number of nitrogens with one attached hydrogen (secondary N) is 2. The number of benzene rings is 1. The summed E-state index contributed by atoms with van der Waals surface area (Å²) in [7, 11) is 1.68. The standard InChI is InChI=1S/C27H32F3N7O3/c1-3-21-23(35-14-12-31-13-15-35)25(39)37-26(33-24(34-37)17-4-10-20(40-2)11-5-17)36(21)16-22(38)32-19-8-6-18(7-9-19)27(28,29)30/h4,6-9,20,31H,3,5,10-16H2,1-2H3,(H,32,38)/t20-/m0/s1. The van der Waals surface area contributed by atoms with Crippen LogP contribution in [0.2, 0.25) is 0 Å². The molecule has 1 aliphatic carbocycles. The number of nitrogens with zero attached hydrogens (tertiary/aromatic N) is 5. The zero-order chi connectivity index (χ0) is 28.4. The molecule has 40 heavy (non-hydrogen) atoms. The number of rotatable bonds is 7. The SMILES string of the molecule is CCc1c(N2CCNCC2)c(=O)n2nc(C3=CC[C@H](OC)CC3)nc2n1CC(=O)Nc1ccc(C(F)(F)F)cc1. The van der Waals surface area contributed by atoms with Gasteiger partial charge in [-0.05, 0) is 55.5 Å². The van der Waals surface area contributed by atoms with Crippen molar-refractivity contribution in [2.75, 3.05) is 43.5 Å². The van der Waals surface area contributed by atoms with Crippen molar-refractivity contribution in [3.8, 4) is 0 Å². The first-order valence-electron chi connectivity index (χ1n) is 13.4. The predicted molar refractivity (Wildman–Crippen MR) is 144 cm³/mol. The van der Waals surface area contributed by atoms with Gasteiger partial charge >= 0.3 is 6.18 Å². The van der Waals surface area contributed by atoms with Crippen molar-refractivity contribution in [1.82, 2.24) is 24.5 Å². The van der Waals surface area contributed by atoms with Gasteiger partial charge in [0.15, 0.2) is 5.82 Å². The van der Waals surface area contributed by atoms with E-state index in [1.807, 2.05) is 17.9 Å². The number of alkyl halides is 3. The van der Waals surface area contributed by atoms with Crippen LogP contribution in [-0.4, -0.2) is 64.5 Å². The minimum atomic E-state index is -4.47. The van der Waals surface area contributed by atoms with E-state index < -0.39 is 17.6 Å². The van der Waals surface area contributed by atoms with Crippen molar-refractivity contribution < 1.29 is 22.7 Å². The maximum Gasteiger partial charge on any atom is 0.416 e. The molecule has 1 amide bonds. The van der Waals surface area contributed by atoms with Crippen LogP contribution in [0.1, 0.15) is 43.3 Å². The molecule has 1 fully saturated rings. The Morgan fingerprint density at radius 1 is 1.20 bits per heavy atom. The Labute approximate surface area is 228 Å². The molecule has 13 heteroatoms. The van der Waals surface area contributed by atoms with Gasteiger partial charge in [0.2, 0.25) is 11.7 Å². The van der Waals surface area contributed by atoms with Crippen molar-refractivity contribution in [2.24, 2.45) is 0 Å². The fourth-order valence-corrected chi connectivity index (χ4v) is 5.27. The van der Waals surface area contributed by atoms with Crippen LogP contribution in [0.4, 0.5) is 24.5 Å². The minimum Gasteiger partial charge on any atom is -0.381 e. The number of carbonyl (C=O) groups excluding carboxylic acids is 1. The molecule has 214 valence electrons. The number of hydrogen-bond acceptors (Lipinski definition) is 7. The van der Waals surface area contributed by atoms with E-state index in [0.29, 0.717) is 62.6 Å². The van der Waals surface area contributed by atoms with Crippen LogP contribution in [0, 0.1) is 0 Å². The van der Waals surface area contributed by atoms with Crippen molar-refractivity contribution in [3.63, 3.8) is 0 Å². The molecule has 5 rings (SSSR count). The summed E-state index contributed by atoms with van der Waals surface area (Å²) in [5.41, 5.74) is 1.19. The zero-order valence-electron chi connectivity index (χ0n) is 22.4. The molecule has 0 unspecified atom stereocenters. The summed E-state index contributed by atoms with van der Waals surface area (Å²) in [5.74, 6) is 0.215. The molecule has 2 aliphatic rings. The average Bonchev–Trinajstić information content (AvgIpc) is 3.41. The molecule has 0 bridgehead atoms. The highest BCUT2D eigenvalue weighted by Gasteiger charge is 2.30. The van der Waals surface area contributed by atoms with Crippen LogP contribution in [0.3, 0.4) is 0 Å². The molecule has 2 aromatic heterocycles. The van der Waals surface area contributed by atoms with Gasteiger partial charge in [0.05, 0.1) is 17.4 Å². The molecule has 0 spiro atoms. The Kier molecular flexibility index (Phi) is 7.95. The minimum absolute atomic E-state index is 0.126. The van der Waals surface area contributed by atoms with Gasteiger partial charge in [0.25, 0.3) is 5.56 Å². The summed E-state index contributed by atoms with van der Waals surface area (Å²) in [5, 5.41) is 10.5. The number of anilines is 2.